The predicted octanol–water partition coefficient (Wildman–Crippen LogP) is 4.31. The van der Waals surface area contributed by atoms with Crippen LogP contribution in [-0.4, -0.2) is 19.5 Å². The van der Waals surface area contributed by atoms with Gasteiger partial charge in [-0.15, -0.1) is 0 Å². The summed E-state index contributed by atoms with van der Waals surface area (Å²) in [6.07, 6.45) is 0.527. The topological polar surface area (TPSA) is 41.1 Å². The van der Waals surface area contributed by atoms with Gasteiger partial charge in [-0.25, -0.2) is 8.78 Å². The number of carbonyl (C=O) groups is 1. The van der Waals surface area contributed by atoms with Gasteiger partial charge in [-0.3, -0.25) is 4.79 Å². The first-order chi connectivity index (χ1) is 11.5. The summed E-state index contributed by atoms with van der Waals surface area (Å²) in [6.45, 7) is 1.23. The van der Waals surface area contributed by atoms with Crippen molar-refractivity contribution >= 4 is 35.3 Å². The second-order valence-corrected chi connectivity index (χ2v) is 6.47. The summed E-state index contributed by atoms with van der Waals surface area (Å²) in [4.78, 5) is 10.8. The Labute approximate surface area is 148 Å². The van der Waals surface area contributed by atoms with Crippen LogP contribution in [0.15, 0.2) is 30.3 Å². The zero-order chi connectivity index (χ0) is 17.3. The fourth-order valence-corrected chi connectivity index (χ4v) is 3.51. The monoisotopic (exact) mass is 370 g/mol. The molecule has 1 aliphatic heterocycles. The van der Waals surface area contributed by atoms with Gasteiger partial charge in [0.2, 0.25) is 6.41 Å². The highest BCUT2D eigenvalue weighted by Crippen LogP contribution is 2.41. The molecule has 1 unspecified atom stereocenters. The molecule has 3 rings (SSSR count). The number of benzene rings is 2. The summed E-state index contributed by atoms with van der Waals surface area (Å²) in [7, 11) is 0. The summed E-state index contributed by atoms with van der Waals surface area (Å²) in [5, 5.41) is 5.80. The highest BCUT2D eigenvalue weighted by Gasteiger charge is 2.32. The average molecular weight is 371 g/mol. The minimum Gasteiger partial charge on any atom is -0.328 e. The Bertz CT molecular complexity index is 785. The van der Waals surface area contributed by atoms with E-state index in [4.69, 9.17) is 23.2 Å². The second-order valence-electron chi connectivity index (χ2n) is 5.66. The molecule has 2 aromatic carbocycles. The number of halogens is 4. The van der Waals surface area contributed by atoms with Crippen LogP contribution in [0.25, 0.3) is 0 Å². The third-order valence-corrected chi connectivity index (χ3v) is 4.87. The van der Waals surface area contributed by atoms with Crippen molar-refractivity contribution in [3.8, 4) is 0 Å². The molecule has 126 valence electrons. The Kier molecular flexibility index (Phi) is 5.04. The second kappa shape index (κ2) is 7.05. The normalized spacial score (nSPS) is 20.2. The Morgan fingerprint density at radius 1 is 1.04 bits per heavy atom. The van der Waals surface area contributed by atoms with Crippen LogP contribution >= 0.6 is 23.2 Å². The molecule has 0 aliphatic carbocycles. The number of hydrogen-bond acceptors (Lipinski definition) is 2. The molecule has 0 bridgehead atoms. The van der Waals surface area contributed by atoms with Gasteiger partial charge in [0.25, 0.3) is 0 Å². The van der Waals surface area contributed by atoms with Crippen LogP contribution in [0.2, 0.25) is 10.0 Å². The average Bonchev–Trinajstić information content (AvgIpc) is 3.03. The smallest absolute Gasteiger partial charge is 0.211 e. The highest BCUT2D eigenvalue weighted by molar-refractivity contribution is 6.31. The zero-order valence-electron chi connectivity index (χ0n) is 12.5. The highest BCUT2D eigenvalue weighted by atomic mass is 35.5. The molecule has 7 heteroatoms. The Morgan fingerprint density at radius 2 is 1.75 bits per heavy atom. The molecule has 0 aromatic heterocycles. The maximum absolute atomic E-state index is 14.0. The van der Waals surface area contributed by atoms with Crippen molar-refractivity contribution in [3.05, 3.63) is 63.1 Å². The molecule has 1 saturated heterocycles. The van der Waals surface area contributed by atoms with E-state index in [2.05, 4.69) is 10.6 Å². The maximum atomic E-state index is 14.0. The van der Waals surface area contributed by atoms with Gasteiger partial charge < -0.3 is 10.6 Å². The quantitative estimate of drug-likeness (QED) is 0.787. The maximum Gasteiger partial charge on any atom is 0.211 e. The van der Waals surface area contributed by atoms with Crippen LogP contribution in [0, 0.1) is 11.6 Å². The van der Waals surface area contributed by atoms with E-state index in [-0.39, 0.29) is 21.9 Å². The molecule has 2 aromatic rings. The van der Waals surface area contributed by atoms with Crippen LogP contribution in [0.5, 0.6) is 0 Å². The molecule has 2 N–H and O–H groups in total. The van der Waals surface area contributed by atoms with Gasteiger partial charge in [0.05, 0.1) is 10.0 Å². The summed E-state index contributed by atoms with van der Waals surface area (Å²) in [5.41, 5.74) is 1.95. The molecule has 3 nitrogen and oxygen atoms in total. The lowest BCUT2D eigenvalue weighted by molar-refractivity contribution is -0.105. The molecule has 1 fully saturated rings. The number of amides is 1. The van der Waals surface area contributed by atoms with Crippen molar-refractivity contribution in [1.82, 2.24) is 5.32 Å². The van der Waals surface area contributed by atoms with Crippen LogP contribution in [0.1, 0.15) is 23.0 Å². The van der Waals surface area contributed by atoms with Gasteiger partial charge >= 0.3 is 0 Å². The fraction of sp³-hybridized carbons (Fsp3) is 0.235. The lowest BCUT2D eigenvalue weighted by Crippen LogP contribution is -2.12. The molecule has 0 radical (unpaired) electrons. The molecule has 1 heterocycles. The van der Waals surface area contributed by atoms with Crippen molar-refractivity contribution in [3.63, 3.8) is 0 Å². The van der Waals surface area contributed by atoms with Gasteiger partial charge in [-0.1, -0.05) is 29.3 Å². The number of anilines is 1. The standard InChI is InChI=1S/C17H14Cl2F2N2O/c18-13-3-9(1-2-15(13)20)11-6-22-7-12(11)10-4-16(21)14(19)5-17(10)23-8-24/h1-5,8,11-12,22H,6-7H2,(H,23,24)/t11?,12-/m0/s1. The van der Waals surface area contributed by atoms with Crippen molar-refractivity contribution in [2.45, 2.75) is 11.8 Å². The molecule has 2 atom stereocenters. The van der Waals surface area contributed by atoms with Crippen molar-refractivity contribution < 1.29 is 13.6 Å². The minimum absolute atomic E-state index is 0.0316. The van der Waals surface area contributed by atoms with E-state index in [0.717, 1.165) is 5.56 Å². The molecular formula is C17H14Cl2F2N2O. The van der Waals surface area contributed by atoms with E-state index in [1.807, 2.05) is 0 Å². The van der Waals surface area contributed by atoms with E-state index in [1.54, 1.807) is 12.1 Å². The van der Waals surface area contributed by atoms with E-state index >= 15 is 0 Å². The van der Waals surface area contributed by atoms with Crippen LogP contribution < -0.4 is 10.6 Å². The first-order valence-corrected chi connectivity index (χ1v) is 8.11. The third kappa shape index (κ3) is 3.24. The van der Waals surface area contributed by atoms with E-state index in [9.17, 15) is 13.6 Å². The Morgan fingerprint density at radius 3 is 2.46 bits per heavy atom. The largest absolute Gasteiger partial charge is 0.328 e. The number of carbonyl (C=O) groups excluding carboxylic acids is 1. The van der Waals surface area contributed by atoms with Crippen LogP contribution in [-0.2, 0) is 4.79 Å². The molecule has 1 amide bonds. The zero-order valence-corrected chi connectivity index (χ0v) is 14.0. The van der Waals surface area contributed by atoms with Crippen LogP contribution in [0.4, 0.5) is 14.5 Å². The van der Waals surface area contributed by atoms with Gasteiger partial charge in [0.15, 0.2) is 0 Å². The van der Waals surface area contributed by atoms with Crippen LogP contribution in [0.3, 0.4) is 0 Å². The number of nitrogens with one attached hydrogen (secondary N) is 2. The fourth-order valence-electron chi connectivity index (χ4n) is 3.16. The van der Waals surface area contributed by atoms with E-state index in [1.165, 1.54) is 18.2 Å². The summed E-state index contributed by atoms with van der Waals surface area (Å²) in [6, 6.07) is 7.31. The molecule has 1 aliphatic rings. The van der Waals surface area contributed by atoms with Crippen molar-refractivity contribution in [2.75, 3.05) is 18.4 Å². The Hall–Kier alpha value is -1.69. The first-order valence-electron chi connectivity index (χ1n) is 7.36. The van der Waals surface area contributed by atoms with Crippen molar-refractivity contribution in [2.24, 2.45) is 0 Å². The van der Waals surface area contributed by atoms with Crippen molar-refractivity contribution in [1.29, 1.82) is 0 Å². The van der Waals surface area contributed by atoms with E-state index in [0.29, 0.717) is 30.8 Å². The van der Waals surface area contributed by atoms with Gasteiger partial charge in [-0.05, 0) is 35.4 Å². The SMILES string of the molecule is O=CNc1cc(Cl)c(F)cc1[C@@H]1CNCC1c1ccc(F)c(Cl)c1. The number of rotatable bonds is 4. The molecule has 0 saturated carbocycles. The third-order valence-electron chi connectivity index (χ3n) is 4.29. The van der Waals surface area contributed by atoms with Gasteiger partial charge in [-0.2, -0.15) is 0 Å². The molecule has 24 heavy (non-hydrogen) atoms. The van der Waals surface area contributed by atoms with Gasteiger partial charge in [0, 0.05) is 30.6 Å². The Balaban J connectivity index is 2.02. The lowest BCUT2D eigenvalue weighted by atomic mass is 9.83. The van der Waals surface area contributed by atoms with Gasteiger partial charge in [0.1, 0.15) is 11.6 Å². The molecular weight excluding hydrogens is 357 g/mol. The first kappa shape index (κ1) is 17.1. The molecule has 0 spiro atoms. The lowest BCUT2D eigenvalue weighted by Gasteiger charge is -2.22. The predicted molar refractivity (Wildman–Crippen MR) is 90.9 cm³/mol. The summed E-state index contributed by atoms with van der Waals surface area (Å²) >= 11 is 11.7. The number of hydrogen-bond donors (Lipinski definition) is 2. The minimum atomic E-state index is -0.550. The van der Waals surface area contributed by atoms with E-state index < -0.39 is 11.6 Å². The summed E-state index contributed by atoms with van der Waals surface area (Å²) in [5.74, 6) is -1.17. The summed E-state index contributed by atoms with van der Waals surface area (Å²) < 4.78 is 27.4.